The summed E-state index contributed by atoms with van der Waals surface area (Å²) in [4.78, 5) is 11.7. The molecule has 0 atom stereocenters. The lowest BCUT2D eigenvalue weighted by Crippen LogP contribution is -2.29. The van der Waals surface area contributed by atoms with Crippen LogP contribution in [-0.4, -0.2) is 28.8 Å². The lowest BCUT2D eigenvalue weighted by molar-refractivity contribution is -0.115. The van der Waals surface area contributed by atoms with Crippen LogP contribution in [0.4, 0.5) is 10.1 Å². The molecular weight excluding hydrogens is 307 g/mol. The Morgan fingerprint density at radius 1 is 1.36 bits per heavy atom. The van der Waals surface area contributed by atoms with Crippen molar-refractivity contribution in [2.45, 2.75) is 12.8 Å². The van der Waals surface area contributed by atoms with E-state index in [0.29, 0.717) is 11.4 Å². The molecule has 1 heterocycles. The number of para-hydroxylation sites is 1. The number of hydrogen-bond donors (Lipinski definition) is 2. The highest BCUT2D eigenvalue weighted by Crippen LogP contribution is 2.27. The van der Waals surface area contributed by atoms with E-state index in [9.17, 15) is 9.18 Å². The minimum absolute atomic E-state index is 0. The molecule has 1 aromatic heterocycles. The number of amides is 1. The first-order valence-corrected chi connectivity index (χ1v) is 7.02. The molecule has 1 fully saturated rings. The van der Waals surface area contributed by atoms with Gasteiger partial charge in [0.15, 0.2) is 0 Å². The maximum Gasteiger partial charge on any atom is 0.238 e. The van der Waals surface area contributed by atoms with Crippen LogP contribution in [0, 0.1) is 11.7 Å². The first kappa shape index (κ1) is 16.5. The topological polar surface area (TPSA) is 59.0 Å². The fourth-order valence-electron chi connectivity index (χ4n) is 2.07. The monoisotopic (exact) mass is 324 g/mol. The van der Waals surface area contributed by atoms with Crippen molar-refractivity contribution in [3.8, 4) is 5.69 Å². The van der Waals surface area contributed by atoms with Crippen LogP contribution in [0.1, 0.15) is 12.8 Å². The van der Waals surface area contributed by atoms with Gasteiger partial charge in [-0.2, -0.15) is 5.10 Å². The van der Waals surface area contributed by atoms with Crippen molar-refractivity contribution in [3.05, 3.63) is 42.5 Å². The van der Waals surface area contributed by atoms with Crippen LogP contribution in [0.15, 0.2) is 36.7 Å². The lowest BCUT2D eigenvalue weighted by atomic mass is 10.3. The van der Waals surface area contributed by atoms with Gasteiger partial charge in [0.2, 0.25) is 5.91 Å². The van der Waals surface area contributed by atoms with Crippen LogP contribution >= 0.6 is 12.4 Å². The third kappa shape index (κ3) is 4.29. The van der Waals surface area contributed by atoms with E-state index in [0.717, 1.165) is 12.5 Å². The van der Waals surface area contributed by atoms with E-state index in [1.165, 1.54) is 29.8 Å². The SMILES string of the molecule is Cl.O=C(CNCC1CC1)Nc1cnn(-c2ccccc2F)c1. The fourth-order valence-corrected chi connectivity index (χ4v) is 2.07. The van der Waals surface area contributed by atoms with Crippen LogP contribution < -0.4 is 10.6 Å². The molecule has 0 aliphatic heterocycles. The molecule has 0 unspecified atom stereocenters. The standard InChI is InChI=1S/C15H17FN4O.ClH/c16-13-3-1-2-4-14(13)20-10-12(8-18-20)19-15(21)9-17-7-11-5-6-11;/h1-4,8,10-11,17H,5-7,9H2,(H,19,21);1H. The number of carbonyl (C=O) groups excluding carboxylic acids is 1. The van der Waals surface area contributed by atoms with Gasteiger partial charge in [-0.05, 0) is 37.4 Å². The van der Waals surface area contributed by atoms with Crippen molar-refractivity contribution >= 4 is 24.0 Å². The van der Waals surface area contributed by atoms with E-state index >= 15 is 0 Å². The van der Waals surface area contributed by atoms with Crippen LogP contribution in [0.2, 0.25) is 0 Å². The summed E-state index contributed by atoms with van der Waals surface area (Å²) in [5.74, 6) is 0.259. The van der Waals surface area contributed by atoms with E-state index in [1.54, 1.807) is 24.4 Å². The molecule has 118 valence electrons. The average Bonchev–Trinajstić information content (AvgIpc) is 3.18. The van der Waals surface area contributed by atoms with Gasteiger partial charge in [-0.25, -0.2) is 9.07 Å². The van der Waals surface area contributed by atoms with Crippen molar-refractivity contribution in [1.82, 2.24) is 15.1 Å². The fraction of sp³-hybridized carbons (Fsp3) is 0.333. The predicted molar refractivity (Wildman–Crippen MR) is 85.0 cm³/mol. The molecule has 22 heavy (non-hydrogen) atoms. The Bertz CT molecular complexity index is 642. The summed E-state index contributed by atoms with van der Waals surface area (Å²) in [6, 6.07) is 6.36. The number of nitrogens with one attached hydrogen (secondary N) is 2. The van der Waals surface area contributed by atoms with Gasteiger partial charge in [-0.3, -0.25) is 4.79 Å². The zero-order chi connectivity index (χ0) is 14.7. The zero-order valence-corrected chi connectivity index (χ0v) is 12.8. The third-order valence-corrected chi connectivity index (χ3v) is 3.38. The third-order valence-electron chi connectivity index (χ3n) is 3.38. The predicted octanol–water partition coefficient (Wildman–Crippen LogP) is 2.37. The van der Waals surface area contributed by atoms with Gasteiger partial charge in [-0.15, -0.1) is 12.4 Å². The average molecular weight is 325 g/mol. The summed E-state index contributed by atoms with van der Waals surface area (Å²) >= 11 is 0. The van der Waals surface area contributed by atoms with Gasteiger partial charge >= 0.3 is 0 Å². The second-order valence-corrected chi connectivity index (χ2v) is 5.25. The largest absolute Gasteiger partial charge is 0.322 e. The van der Waals surface area contributed by atoms with Gasteiger partial charge in [0.25, 0.3) is 0 Å². The highest BCUT2D eigenvalue weighted by atomic mass is 35.5. The summed E-state index contributed by atoms with van der Waals surface area (Å²) in [5, 5.41) is 9.91. The maximum absolute atomic E-state index is 13.6. The second kappa shape index (κ2) is 7.38. The quantitative estimate of drug-likeness (QED) is 0.857. The Labute approximate surface area is 134 Å². The molecule has 5 nitrogen and oxygen atoms in total. The first-order chi connectivity index (χ1) is 10.2. The zero-order valence-electron chi connectivity index (χ0n) is 12.0. The number of rotatable bonds is 6. The summed E-state index contributed by atoms with van der Waals surface area (Å²) in [5.41, 5.74) is 0.904. The van der Waals surface area contributed by atoms with Gasteiger partial charge in [0.05, 0.1) is 24.6 Å². The van der Waals surface area contributed by atoms with Gasteiger partial charge in [0, 0.05) is 0 Å². The Morgan fingerprint density at radius 3 is 2.86 bits per heavy atom. The number of hydrogen-bond acceptors (Lipinski definition) is 3. The van der Waals surface area contributed by atoms with Crippen LogP contribution in [0.3, 0.4) is 0 Å². The Kier molecular flexibility index (Phi) is 5.51. The Hall–Kier alpha value is -1.92. The summed E-state index contributed by atoms with van der Waals surface area (Å²) in [6.07, 6.45) is 5.61. The van der Waals surface area contributed by atoms with Crippen molar-refractivity contribution in [1.29, 1.82) is 0 Å². The van der Waals surface area contributed by atoms with Crippen LogP contribution in [0.25, 0.3) is 5.69 Å². The molecule has 1 saturated carbocycles. The van der Waals surface area contributed by atoms with Crippen molar-refractivity contribution in [2.24, 2.45) is 5.92 Å². The number of benzene rings is 1. The molecule has 0 bridgehead atoms. The number of carbonyl (C=O) groups is 1. The molecule has 0 radical (unpaired) electrons. The number of halogens is 2. The van der Waals surface area contributed by atoms with E-state index in [4.69, 9.17) is 0 Å². The van der Waals surface area contributed by atoms with Gasteiger partial charge in [-0.1, -0.05) is 12.1 Å². The van der Waals surface area contributed by atoms with Crippen molar-refractivity contribution in [2.75, 3.05) is 18.4 Å². The number of anilines is 1. The van der Waals surface area contributed by atoms with Crippen LogP contribution in [0.5, 0.6) is 0 Å². The Balaban J connectivity index is 0.00000176. The highest BCUT2D eigenvalue weighted by molar-refractivity contribution is 5.92. The summed E-state index contributed by atoms with van der Waals surface area (Å²) in [6.45, 7) is 1.17. The minimum atomic E-state index is -0.357. The lowest BCUT2D eigenvalue weighted by Gasteiger charge is -2.04. The van der Waals surface area contributed by atoms with E-state index in [2.05, 4.69) is 15.7 Å². The van der Waals surface area contributed by atoms with Crippen LogP contribution in [-0.2, 0) is 4.79 Å². The molecule has 1 aromatic carbocycles. The van der Waals surface area contributed by atoms with E-state index < -0.39 is 0 Å². The smallest absolute Gasteiger partial charge is 0.238 e. The minimum Gasteiger partial charge on any atom is -0.322 e. The molecule has 1 aliphatic carbocycles. The molecule has 1 amide bonds. The van der Waals surface area contributed by atoms with Crippen molar-refractivity contribution < 1.29 is 9.18 Å². The molecule has 0 saturated heterocycles. The molecule has 1 aliphatic rings. The normalized spacial score (nSPS) is 13.5. The second-order valence-electron chi connectivity index (χ2n) is 5.25. The number of nitrogens with zero attached hydrogens (tertiary/aromatic N) is 2. The molecule has 7 heteroatoms. The Morgan fingerprint density at radius 2 is 2.14 bits per heavy atom. The highest BCUT2D eigenvalue weighted by Gasteiger charge is 2.20. The van der Waals surface area contributed by atoms with E-state index in [1.807, 2.05) is 0 Å². The first-order valence-electron chi connectivity index (χ1n) is 7.02. The maximum atomic E-state index is 13.6. The molecule has 3 rings (SSSR count). The molecule has 2 aromatic rings. The summed E-state index contributed by atoms with van der Waals surface area (Å²) < 4.78 is 15.0. The van der Waals surface area contributed by atoms with Crippen molar-refractivity contribution in [3.63, 3.8) is 0 Å². The molecule has 0 spiro atoms. The molecular formula is C15H18ClFN4O. The van der Waals surface area contributed by atoms with Gasteiger partial charge < -0.3 is 10.6 Å². The summed E-state index contributed by atoms with van der Waals surface area (Å²) in [7, 11) is 0. The van der Waals surface area contributed by atoms with E-state index in [-0.39, 0.29) is 30.7 Å². The molecule has 2 N–H and O–H groups in total. The van der Waals surface area contributed by atoms with Gasteiger partial charge in [0.1, 0.15) is 11.5 Å². The number of aromatic nitrogens is 2.